The third-order valence-corrected chi connectivity index (χ3v) is 6.59. The molecule has 0 radical (unpaired) electrons. The zero-order valence-electron chi connectivity index (χ0n) is 18.9. The number of benzene rings is 1. The van der Waals surface area contributed by atoms with Gasteiger partial charge in [-0.15, -0.1) is 10.2 Å². The van der Waals surface area contributed by atoms with Crippen LogP contribution in [0.4, 0.5) is 5.69 Å². The molecule has 1 saturated carbocycles. The molecular formula is C23H29N7O3. The molecule has 2 aliphatic rings. The Labute approximate surface area is 191 Å². The molecule has 0 atom stereocenters. The fraction of sp³-hybridized carbons (Fsp3) is 0.522. The molecule has 1 aromatic carbocycles. The molecular weight excluding hydrogens is 422 g/mol. The molecule has 0 spiro atoms. The van der Waals surface area contributed by atoms with E-state index in [0.717, 1.165) is 80.9 Å². The lowest BCUT2D eigenvalue weighted by atomic mass is 10.2. The van der Waals surface area contributed by atoms with Crippen LogP contribution in [0.2, 0.25) is 0 Å². The Bertz CT molecular complexity index is 1240. The SMILES string of the molecule is Cn1c(=O)c2nc(-c3ccc(NCCN4CCOCC4)cc3)nnc2n(C2CCCC2)c1=O. The maximum absolute atomic E-state index is 12.8. The third-order valence-electron chi connectivity index (χ3n) is 6.59. The van der Waals surface area contributed by atoms with E-state index in [2.05, 4.69) is 25.4 Å². The van der Waals surface area contributed by atoms with Crippen LogP contribution < -0.4 is 16.6 Å². The fourth-order valence-corrected chi connectivity index (χ4v) is 4.66. The second-order valence-electron chi connectivity index (χ2n) is 8.72. The summed E-state index contributed by atoms with van der Waals surface area (Å²) in [4.78, 5) is 32.5. The molecule has 0 bridgehead atoms. The molecule has 1 saturated heterocycles. The molecule has 10 nitrogen and oxygen atoms in total. The number of nitrogens with one attached hydrogen (secondary N) is 1. The van der Waals surface area contributed by atoms with E-state index in [9.17, 15) is 9.59 Å². The van der Waals surface area contributed by atoms with Crippen molar-refractivity contribution in [2.75, 3.05) is 44.7 Å². The van der Waals surface area contributed by atoms with Crippen LogP contribution in [-0.4, -0.2) is 68.6 Å². The van der Waals surface area contributed by atoms with Gasteiger partial charge in [-0.2, -0.15) is 0 Å². The first-order valence-electron chi connectivity index (χ1n) is 11.6. The molecule has 33 heavy (non-hydrogen) atoms. The Kier molecular flexibility index (Phi) is 6.19. The molecule has 2 aromatic heterocycles. The van der Waals surface area contributed by atoms with Gasteiger partial charge in [0, 0.05) is 50.5 Å². The fourth-order valence-electron chi connectivity index (χ4n) is 4.66. The number of anilines is 1. The van der Waals surface area contributed by atoms with Crippen LogP contribution in [0.5, 0.6) is 0 Å². The molecule has 1 aliphatic heterocycles. The second-order valence-corrected chi connectivity index (χ2v) is 8.72. The van der Waals surface area contributed by atoms with Gasteiger partial charge in [0.15, 0.2) is 17.0 Å². The van der Waals surface area contributed by atoms with E-state index in [1.54, 1.807) is 4.57 Å². The minimum Gasteiger partial charge on any atom is -0.384 e. The summed E-state index contributed by atoms with van der Waals surface area (Å²) in [6, 6.07) is 7.81. The monoisotopic (exact) mass is 451 g/mol. The first-order chi connectivity index (χ1) is 16.1. The number of hydrogen-bond acceptors (Lipinski definition) is 8. The van der Waals surface area contributed by atoms with Gasteiger partial charge >= 0.3 is 5.69 Å². The Hall–Kier alpha value is -3.11. The first-order valence-corrected chi connectivity index (χ1v) is 11.6. The van der Waals surface area contributed by atoms with Gasteiger partial charge in [0.05, 0.1) is 13.2 Å². The number of nitrogens with zero attached hydrogens (tertiary/aromatic N) is 6. The van der Waals surface area contributed by atoms with Crippen LogP contribution in [0.1, 0.15) is 31.7 Å². The molecule has 0 amide bonds. The molecule has 3 aromatic rings. The summed E-state index contributed by atoms with van der Waals surface area (Å²) in [6.45, 7) is 5.36. The van der Waals surface area contributed by atoms with E-state index >= 15 is 0 Å². The van der Waals surface area contributed by atoms with Gasteiger partial charge in [0.2, 0.25) is 0 Å². The summed E-state index contributed by atoms with van der Waals surface area (Å²) in [5.41, 5.74) is 1.44. The van der Waals surface area contributed by atoms with Gasteiger partial charge in [-0.3, -0.25) is 18.8 Å². The highest BCUT2D eigenvalue weighted by molar-refractivity contribution is 5.71. The summed E-state index contributed by atoms with van der Waals surface area (Å²) >= 11 is 0. The Morgan fingerprint density at radius 1 is 1.06 bits per heavy atom. The van der Waals surface area contributed by atoms with Crippen molar-refractivity contribution in [3.8, 4) is 11.4 Å². The lowest BCUT2D eigenvalue weighted by Gasteiger charge is -2.26. The zero-order valence-corrected chi connectivity index (χ0v) is 18.9. The van der Waals surface area contributed by atoms with E-state index in [0.29, 0.717) is 5.82 Å². The summed E-state index contributed by atoms with van der Waals surface area (Å²) in [7, 11) is 1.49. The van der Waals surface area contributed by atoms with Gasteiger partial charge in [-0.25, -0.2) is 9.78 Å². The second kappa shape index (κ2) is 9.40. The molecule has 1 N–H and O–H groups in total. The first kappa shape index (κ1) is 21.7. The molecule has 5 rings (SSSR count). The summed E-state index contributed by atoms with van der Waals surface area (Å²) < 4.78 is 8.11. The van der Waals surface area contributed by atoms with Crippen LogP contribution in [-0.2, 0) is 11.8 Å². The van der Waals surface area contributed by atoms with Crippen molar-refractivity contribution in [3.05, 3.63) is 45.1 Å². The van der Waals surface area contributed by atoms with E-state index in [-0.39, 0.29) is 22.9 Å². The Morgan fingerprint density at radius 3 is 2.52 bits per heavy atom. The lowest BCUT2D eigenvalue weighted by molar-refractivity contribution is 0.0398. The van der Waals surface area contributed by atoms with Gasteiger partial charge in [-0.05, 0) is 37.1 Å². The Balaban J connectivity index is 1.37. The molecule has 10 heteroatoms. The van der Waals surface area contributed by atoms with Crippen LogP contribution in [0, 0.1) is 0 Å². The average molecular weight is 452 g/mol. The van der Waals surface area contributed by atoms with Crippen molar-refractivity contribution in [2.45, 2.75) is 31.7 Å². The van der Waals surface area contributed by atoms with Gasteiger partial charge in [0.1, 0.15) is 0 Å². The number of morpholine rings is 1. The highest BCUT2D eigenvalue weighted by Gasteiger charge is 2.24. The van der Waals surface area contributed by atoms with Crippen molar-refractivity contribution < 1.29 is 4.74 Å². The van der Waals surface area contributed by atoms with E-state index < -0.39 is 5.56 Å². The van der Waals surface area contributed by atoms with E-state index in [4.69, 9.17) is 4.74 Å². The Morgan fingerprint density at radius 2 is 1.79 bits per heavy atom. The molecule has 1 aliphatic carbocycles. The molecule has 3 heterocycles. The predicted octanol–water partition coefficient (Wildman–Crippen LogP) is 1.41. The van der Waals surface area contributed by atoms with E-state index in [1.165, 1.54) is 7.05 Å². The quantitative estimate of drug-likeness (QED) is 0.600. The van der Waals surface area contributed by atoms with Crippen LogP contribution >= 0.6 is 0 Å². The molecule has 2 fully saturated rings. The lowest BCUT2D eigenvalue weighted by Crippen LogP contribution is -2.40. The molecule has 174 valence electrons. The maximum atomic E-state index is 12.8. The number of ether oxygens (including phenoxy) is 1. The van der Waals surface area contributed by atoms with Crippen LogP contribution in [0.25, 0.3) is 22.6 Å². The predicted molar refractivity (Wildman–Crippen MR) is 126 cm³/mol. The standard InChI is InChI=1S/C23H29N7O3/c1-28-22(31)19-21(30(23(28)32)18-4-2-3-5-18)27-26-20(25-19)16-6-8-17(9-7-16)24-10-11-29-12-14-33-15-13-29/h6-9,18,24H,2-5,10-15H2,1H3. The smallest absolute Gasteiger partial charge is 0.332 e. The van der Waals surface area contributed by atoms with Gasteiger partial charge < -0.3 is 10.1 Å². The van der Waals surface area contributed by atoms with Gasteiger partial charge in [-0.1, -0.05) is 12.8 Å². The number of rotatable bonds is 6. The highest BCUT2D eigenvalue weighted by atomic mass is 16.5. The van der Waals surface area contributed by atoms with Crippen molar-refractivity contribution in [1.29, 1.82) is 0 Å². The topological polar surface area (TPSA) is 107 Å². The van der Waals surface area contributed by atoms with Crippen LogP contribution in [0.15, 0.2) is 33.9 Å². The maximum Gasteiger partial charge on any atom is 0.332 e. The van der Waals surface area contributed by atoms with Crippen molar-refractivity contribution >= 4 is 16.9 Å². The molecule has 0 unspecified atom stereocenters. The largest absolute Gasteiger partial charge is 0.384 e. The minimum absolute atomic E-state index is 0.0385. The van der Waals surface area contributed by atoms with Crippen molar-refractivity contribution in [1.82, 2.24) is 29.2 Å². The van der Waals surface area contributed by atoms with E-state index in [1.807, 2.05) is 24.3 Å². The number of aromatic nitrogens is 5. The normalized spacial score (nSPS) is 17.6. The minimum atomic E-state index is -0.443. The average Bonchev–Trinajstić information content (AvgIpc) is 3.38. The van der Waals surface area contributed by atoms with Gasteiger partial charge in [0.25, 0.3) is 5.56 Å². The number of hydrogen-bond donors (Lipinski definition) is 1. The zero-order chi connectivity index (χ0) is 22.8. The van der Waals surface area contributed by atoms with Crippen LogP contribution in [0.3, 0.4) is 0 Å². The summed E-state index contributed by atoms with van der Waals surface area (Å²) in [6.07, 6.45) is 3.92. The van der Waals surface area contributed by atoms with Crippen molar-refractivity contribution in [3.63, 3.8) is 0 Å². The van der Waals surface area contributed by atoms with Crippen molar-refractivity contribution in [2.24, 2.45) is 7.05 Å². The summed E-state index contributed by atoms with van der Waals surface area (Å²) in [5, 5.41) is 12.0. The number of fused-ring (bicyclic) bond motifs is 1. The highest BCUT2D eigenvalue weighted by Crippen LogP contribution is 2.29. The summed E-state index contributed by atoms with van der Waals surface area (Å²) in [5.74, 6) is 0.371. The third kappa shape index (κ3) is 4.40.